The second-order valence-corrected chi connectivity index (χ2v) is 8.41. The zero-order chi connectivity index (χ0) is 25.2. The molecule has 4 rings (SSSR count). The quantitative estimate of drug-likeness (QED) is 0.522. The average Bonchev–Trinajstić information content (AvgIpc) is 3.32. The molecule has 3 aromatic rings. The number of carbonyl (C=O) groups excluding carboxylic acids is 2. The summed E-state index contributed by atoms with van der Waals surface area (Å²) in [5.41, 5.74) is -0.347. The molecule has 180 valence electrons. The Morgan fingerprint density at radius 2 is 1.74 bits per heavy atom. The van der Waals surface area contributed by atoms with Crippen LogP contribution in [0, 0.1) is 23.5 Å². The summed E-state index contributed by atoms with van der Waals surface area (Å²) in [6.45, 7) is 2.66. The van der Waals surface area contributed by atoms with Crippen molar-refractivity contribution in [1.82, 2.24) is 14.7 Å². The topological polar surface area (TPSA) is 67.7 Å². The predicted octanol–water partition coefficient (Wildman–Crippen LogP) is 3.91. The Morgan fingerprint density at radius 3 is 2.40 bits per heavy atom. The summed E-state index contributed by atoms with van der Waals surface area (Å²) >= 11 is 0. The van der Waals surface area contributed by atoms with E-state index in [1.54, 1.807) is 55.4 Å². The Bertz CT molecular complexity index is 1310. The number of anilines is 1. The first-order chi connectivity index (χ1) is 16.7. The Hall–Kier alpha value is -4.03. The zero-order valence-electron chi connectivity index (χ0n) is 19.6. The van der Waals surface area contributed by atoms with Crippen LogP contribution in [0.3, 0.4) is 0 Å². The summed E-state index contributed by atoms with van der Waals surface area (Å²) in [7, 11) is 3.07. The van der Waals surface area contributed by atoms with Gasteiger partial charge >= 0.3 is 6.03 Å². The van der Waals surface area contributed by atoms with Gasteiger partial charge in [-0.05, 0) is 31.2 Å². The van der Waals surface area contributed by atoms with Gasteiger partial charge in [-0.1, -0.05) is 30.0 Å². The van der Waals surface area contributed by atoms with Crippen LogP contribution in [0.2, 0.25) is 0 Å². The Labute approximate surface area is 201 Å². The number of nitrogens with zero attached hydrogens (tertiary/aromatic N) is 4. The maximum absolute atomic E-state index is 15.0. The lowest BCUT2D eigenvalue weighted by Crippen LogP contribution is -2.60. The van der Waals surface area contributed by atoms with Crippen molar-refractivity contribution in [2.45, 2.75) is 25.4 Å². The first kappa shape index (κ1) is 24.1. The number of hydrogen-bond acceptors (Lipinski definition) is 4. The van der Waals surface area contributed by atoms with Gasteiger partial charge in [0.25, 0.3) is 0 Å². The molecule has 9 heteroatoms. The highest BCUT2D eigenvalue weighted by molar-refractivity contribution is 6.16. The summed E-state index contributed by atoms with van der Waals surface area (Å²) in [6.07, 6.45) is 3.12. The van der Waals surface area contributed by atoms with Crippen molar-refractivity contribution in [2.24, 2.45) is 0 Å². The van der Waals surface area contributed by atoms with Crippen LogP contribution in [-0.2, 0) is 21.6 Å². The van der Waals surface area contributed by atoms with E-state index in [0.717, 1.165) is 12.1 Å². The lowest BCUT2D eigenvalue weighted by atomic mass is 9.87. The number of ether oxygens (including phenoxy) is 1. The van der Waals surface area contributed by atoms with Crippen LogP contribution in [0.15, 0.2) is 54.9 Å². The van der Waals surface area contributed by atoms with Gasteiger partial charge in [-0.2, -0.15) is 5.10 Å². The highest BCUT2D eigenvalue weighted by atomic mass is 19.1. The number of amides is 3. The zero-order valence-corrected chi connectivity index (χ0v) is 19.6. The Kier molecular flexibility index (Phi) is 6.67. The van der Waals surface area contributed by atoms with Gasteiger partial charge in [0.1, 0.15) is 5.69 Å². The highest BCUT2D eigenvalue weighted by Gasteiger charge is 2.48. The minimum atomic E-state index is -1.05. The SMILES string of the molecule is COCCn1cc([C@]2(C)CC(=O)N(c3c(F)cc(C#Cc4ccccc4)cc3F)C(=O)N2C)cn1. The van der Waals surface area contributed by atoms with E-state index in [0.29, 0.717) is 29.2 Å². The van der Waals surface area contributed by atoms with E-state index in [1.807, 2.05) is 6.07 Å². The fraction of sp³-hybridized carbons (Fsp3) is 0.269. The molecule has 1 atom stereocenters. The molecule has 3 amide bonds. The molecule has 0 N–H and O–H groups in total. The maximum Gasteiger partial charge on any atom is 0.332 e. The predicted molar refractivity (Wildman–Crippen MR) is 125 cm³/mol. The summed E-state index contributed by atoms with van der Waals surface area (Å²) in [4.78, 5) is 28.2. The van der Waals surface area contributed by atoms with Crippen molar-refractivity contribution in [2.75, 3.05) is 25.7 Å². The molecule has 0 aliphatic carbocycles. The summed E-state index contributed by atoms with van der Waals surface area (Å²) in [5.74, 6) is 2.72. The van der Waals surface area contributed by atoms with Crippen molar-refractivity contribution < 1.29 is 23.1 Å². The van der Waals surface area contributed by atoms with E-state index < -0.39 is 34.8 Å². The lowest BCUT2D eigenvalue weighted by Gasteiger charge is -2.45. The molecule has 0 bridgehead atoms. The fourth-order valence-corrected chi connectivity index (χ4v) is 3.94. The number of imide groups is 1. The minimum Gasteiger partial charge on any atom is -0.383 e. The molecule has 7 nitrogen and oxygen atoms in total. The first-order valence-corrected chi connectivity index (χ1v) is 10.9. The van der Waals surface area contributed by atoms with Gasteiger partial charge in [-0.3, -0.25) is 9.48 Å². The fourth-order valence-electron chi connectivity index (χ4n) is 3.94. The van der Waals surface area contributed by atoms with Crippen molar-refractivity contribution in [1.29, 1.82) is 0 Å². The average molecular weight is 478 g/mol. The second kappa shape index (κ2) is 9.68. The molecule has 1 aliphatic heterocycles. The molecular formula is C26H24F2N4O3. The van der Waals surface area contributed by atoms with Gasteiger partial charge in [-0.15, -0.1) is 0 Å². The number of rotatable bonds is 5. The monoisotopic (exact) mass is 478 g/mol. The molecule has 2 aromatic carbocycles. The van der Waals surface area contributed by atoms with Crippen molar-refractivity contribution in [3.63, 3.8) is 0 Å². The molecule has 2 heterocycles. The maximum atomic E-state index is 15.0. The third-order valence-electron chi connectivity index (χ3n) is 6.11. The van der Waals surface area contributed by atoms with E-state index in [4.69, 9.17) is 4.74 Å². The molecule has 0 radical (unpaired) electrons. The number of aromatic nitrogens is 2. The van der Waals surface area contributed by atoms with Gasteiger partial charge < -0.3 is 9.64 Å². The van der Waals surface area contributed by atoms with Crippen molar-refractivity contribution >= 4 is 17.6 Å². The largest absolute Gasteiger partial charge is 0.383 e. The smallest absolute Gasteiger partial charge is 0.332 e. The van der Waals surface area contributed by atoms with Crippen molar-refractivity contribution in [3.8, 4) is 11.8 Å². The molecule has 0 saturated carbocycles. The van der Waals surface area contributed by atoms with Crippen LogP contribution in [0.5, 0.6) is 0 Å². The lowest BCUT2D eigenvalue weighted by molar-refractivity contribution is -0.122. The Morgan fingerprint density at radius 1 is 1.09 bits per heavy atom. The number of benzene rings is 2. The van der Waals surface area contributed by atoms with E-state index >= 15 is 8.78 Å². The van der Waals surface area contributed by atoms with Crippen LogP contribution in [0.4, 0.5) is 19.3 Å². The highest BCUT2D eigenvalue weighted by Crippen LogP contribution is 2.39. The standard InChI is InChI=1S/C26H24F2N4O3/c1-26(20-16-29-31(17-20)11-12-35-3)15-23(33)32(25(34)30(26)2)24-21(27)13-19(14-22(24)28)10-9-18-7-5-4-6-8-18/h4-8,13-14,16-17H,11-12,15H2,1-3H3/t26-/m0/s1. The second-order valence-electron chi connectivity index (χ2n) is 8.41. The molecule has 1 fully saturated rings. The van der Waals surface area contributed by atoms with Crippen LogP contribution in [0.1, 0.15) is 30.0 Å². The molecule has 1 saturated heterocycles. The van der Waals surface area contributed by atoms with Gasteiger partial charge in [0.2, 0.25) is 5.91 Å². The van der Waals surface area contributed by atoms with Crippen LogP contribution in [0.25, 0.3) is 0 Å². The Balaban J connectivity index is 1.62. The molecule has 0 unspecified atom stereocenters. The van der Waals surface area contributed by atoms with E-state index in [-0.39, 0.29) is 12.0 Å². The minimum absolute atomic E-state index is 0.0891. The van der Waals surface area contributed by atoms with Gasteiger partial charge in [-0.25, -0.2) is 18.5 Å². The number of hydrogen-bond donors (Lipinski definition) is 0. The summed E-state index contributed by atoms with van der Waals surface area (Å²) in [6, 6.07) is 10.2. The number of methoxy groups -OCH3 is 1. The van der Waals surface area contributed by atoms with Gasteiger partial charge in [0.05, 0.1) is 31.3 Å². The normalized spacial score (nSPS) is 18.0. The summed E-state index contributed by atoms with van der Waals surface area (Å²) in [5, 5.41) is 4.25. The molecule has 1 aliphatic rings. The number of halogens is 2. The summed E-state index contributed by atoms with van der Waals surface area (Å²) < 4.78 is 36.8. The van der Waals surface area contributed by atoms with Crippen LogP contribution >= 0.6 is 0 Å². The third kappa shape index (κ3) is 4.66. The molecular weight excluding hydrogens is 454 g/mol. The number of carbonyl (C=O) groups is 2. The van der Waals surface area contributed by atoms with Crippen LogP contribution in [-0.4, -0.2) is 47.4 Å². The number of urea groups is 1. The van der Waals surface area contributed by atoms with E-state index in [1.165, 1.54) is 11.9 Å². The first-order valence-electron chi connectivity index (χ1n) is 10.9. The van der Waals surface area contributed by atoms with Gasteiger partial charge in [0, 0.05) is 37.0 Å². The van der Waals surface area contributed by atoms with Gasteiger partial charge in [0.15, 0.2) is 11.6 Å². The molecule has 1 aromatic heterocycles. The van der Waals surface area contributed by atoms with Crippen molar-refractivity contribution in [3.05, 3.63) is 83.2 Å². The molecule has 35 heavy (non-hydrogen) atoms. The third-order valence-corrected chi connectivity index (χ3v) is 6.11. The molecule has 0 spiro atoms. The van der Waals surface area contributed by atoms with E-state index in [2.05, 4.69) is 16.9 Å². The van der Waals surface area contributed by atoms with Crippen LogP contribution < -0.4 is 4.90 Å². The van der Waals surface area contributed by atoms with E-state index in [9.17, 15) is 9.59 Å².